The van der Waals surface area contributed by atoms with E-state index in [9.17, 15) is 4.79 Å². The molecule has 0 unspecified atom stereocenters. The third-order valence-corrected chi connectivity index (χ3v) is 5.06. The highest BCUT2D eigenvalue weighted by atomic mass is 16.2. The lowest BCUT2D eigenvalue weighted by Gasteiger charge is -2.36. The molecular weight excluding hydrogens is 236 g/mol. The Morgan fingerprint density at radius 3 is 2.84 bits per heavy atom. The number of anilines is 1. The summed E-state index contributed by atoms with van der Waals surface area (Å²) < 4.78 is 0. The molecule has 0 aromatic heterocycles. The lowest BCUT2D eigenvalue weighted by Crippen LogP contribution is -2.49. The van der Waals surface area contributed by atoms with Crippen LogP contribution in [0.15, 0.2) is 24.3 Å². The number of hydrogen-bond donors (Lipinski definition) is 1. The van der Waals surface area contributed by atoms with Crippen LogP contribution in [-0.4, -0.2) is 25.0 Å². The molecule has 2 atom stereocenters. The van der Waals surface area contributed by atoms with E-state index in [0.717, 1.165) is 32.4 Å². The molecule has 0 spiro atoms. The Kier molecular flexibility index (Phi) is 2.62. The highest BCUT2D eigenvalue weighted by Gasteiger charge is 2.44. The third-order valence-electron chi connectivity index (χ3n) is 5.06. The van der Waals surface area contributed by atoms with E-state index < -0.39 is 0 Å². The zero-order valence-corrected chi connectivity index (χ0v) is 11.1. The molecule has 3 aliphatic rings. The topological polar surface area (TPSA) is 32.3 Å². The second-order valence-electron chi connectivity index (χ2n) is 6.06. The SMILES string of the molecule is O=C(C1CCC1)N1c2ccccc2[C@@H]2CNCC[C@H]21. The Bertz CT molecular complexity index is 509. The summed E-state index contributed by atoms with van der Waals surface area (Å²) in [6, 6.07) is 8.89. The average Bonchev–Trinajstić information content (AvgIpc) is 2.71. The Hall–Kier alpha value is -1.35. The van der Waals surface area contributed by atoms with Gasteiger partial charge in [0.1, 0.15) is 0 Å². The van der Waals surface area contributed by atoms with Crippen LogP contribution in [0.1, 0.15) is 37.2 Å². The van der Waals surface area contributed by atoms with Gasteiger partial charge in [0.15, 0.2) is 0 Å². The number of carbonyl (C=O) groups is 1. The lowest BCUT2D eigenvalue weighted by atomic mass is 9.83. The van der Waals surface area contributed by atoms with Crippen molar-refractivity contribution in [2.75, 3.05) is 18.0 Å². The summed E-state index contributed by atoms with van der Waals surface area (Å²) in [7, 11) is 0. The van der Waals surface area contributed by atoms with Gasteiger partial charge in [0.2, 0.25) is 5.91 Å². The van der Waals surface area contributed by atoms with E-state index in [0.29, 0.717) is 23.8 Å². The normalized spacial score (nSPS) is 29.6. The second kappa shape index (κ2) is 4.34. The molecule has 1 saturated heterocycles. The van der Waals surface area contributed by atoms with Crippen LogP contribution in [-0.2, 0) is 4.79 Å². The maximum atomic E-state index is 12.8. The Labute approximate surface area is 114 Å². The molecule has 0 bridgehead atoms. The van der Waals surface area contributed by atoms with E-state index in [4.69, 9.17) is 0 Å². The van der Waals surface area contributed by atoms with Gasteiger partial charge in [-0.3, -0.25) is 4.79 Å². The quantitative estimate of drug-likeness (QED) is 0.836. The van der Waals surface area contributed by atoms with Gasteiger partial charge in [-0.2, -0.15) is 0 Å². The number of benzene rings is 1. The van der Waals surface area contributed by atoms with E-state index in [1.54, 1.807) is 0 Å². The fraction of sp³-hybridized carbons (Fsp3) is 0.562. The fourth-order valence-corrected chi connectivity index (χ4v) is 3.80. The molecule has 100 valence electrons. The molecule has 3 nitrogen and oxygen atoms in total. The van der Waals surface area contributed by atoms with E-state index in [2.05, 4.69) is 34.5 Å². The van der Waals surface area contributed by atoms with Gasteiger partial charge in [-0.1, -0.05) is 24.6 Å². The molecule has 19 heavy (non-hydrogen) atoms. The standard InChI is InChI=1S/C16H20N2O/c19-16(11-4-3-5-11)18-14-7-2-1-6-12(14)13-10-17-9-8-15(13)18/h1-2,6-7,11,13,15,17H,3-5,8-10H2/t13-,15+/m0/s1. The molecule has 1 amide bonds. The van der Waals surface area contributed by atoms with E-state index in [-0.39, 0.29) is 0 Å². The highest BCUT2D eigenvalue weighted by molar-refractivity contribution is 5.98. The number of amides is 1. The average molecular weight is 256 g/mol. The summed E-state index contributed by atoms with van der Waals surface area (Å²) in [5.74, 6) is 1.17. The molecule has 4 rings (SSSR count). The van der Waals surface area contributed by atoms with Crippen molar-refractivity contribution in [2.45, 2.75) is 37.6 Å². The summed E-state index contributed by atoms with van der Waals surface area (Å²) in [6.45, 7) is 2.04. The molecule has 2 heterocycles. The zero-order chi connectivity index (χ0) is 12.8. The molecule has 2 aliphatic heterocycles. The Balaban J connectivity index is 1.73. The smallest absolute Gasteiger partial charge is 0.230 e. The minimum atomic E-state index is 0.293. The zero-order valence-electron chi connectivity index (χ0n) is 11.1. The minimum absolute atomic E-state index is 0.293. The number of para-hydroxylation sites is 1. The number of nitrogens with one attached hydrogen (secondary N) is 1. The molecule has 0 radical (unpaired) electrons. The molecule has 1 saturated carbocycles. The number of rotatable bonds is 1. The van der Waals surface area contributed by atoms with Gasteiger partial charge in [0.25, 0.3) is 0 Å². The van der Waals surface area contributed by atoms with E-state index in [1.165, 1.54) is 17.7 Å². The van der Waals surface area contributed by atoms with E-state index in [1.807, 2.05) is 0 Å². The molecule has 3 heteroatoms. The van der Waals surface area contributed by atoms with Crippen molar-refractivity contribution < 1.29 is 4.79 Å². The summed E-state index contributed by atoms with van der Waals surface area (Å²) in [5.41, 5.74) is 2.55. The molecule has 1 aromatic rings. The first kappa shape index (κ1) is 11.5. The molecule has 2 fully saturated rings. The van der Waals surface area contributed by atoms with Crippen LogP contribution in [0.2, 0.25) is 0 Å². The van der Waals surface area contributed by atoms with Crippen LogP contribution in [0.5, 0.6) is 0 Å². The van der Waals surface area contributed by atoms with Gasteiger partial charge in [0.05, 0.1) is 0 Å². The van der Waals surface area contributed by atoms with Gasteiger partial charge in [-0.15, -0.1) is 0 Å². The van der Waals surface area contributed by atoms with Gasteiger partial charge in [-0.25, -0.2) is 0 Å². The maximum absolute atomic E-state index is 12.8. The van der Waals surface area contributed by atoms with Gasteiger partial charge in [0, 0.05) is 30.1 Å². The van der Waals surface area contributed by atoms with Crippen LogP contribution >= 0.6 is 0 Å². The lowest BCUT2D eigenvalue weighted by molar-refractivity contribution is -0.125. The van der Waals surface area contributed by atoms with Crippen LogP contribution in [0.3, 0.4) is 0 Å². The molecule has 1 aromatic carbocycles. The molecule has 1 N–H and O–H groups in total. The Morgan fingerprint density at radius 1 is 1.21 bits per heavy atom. The summed E-state index contributed by atoms with van der Waals surface area (Å²) in [5, 5.41) is 3.48. The number of nitrogens with zero attached hydrogens (tertiary/aromatic N) is 1. The number of piperidine rings is 1. The number of fused-ring (bicyclic) bond motifs is 3. The number of carbonyl (C=O) groups excluding carboxylic acids is 1. The van der Waals surface area contributed by atoms with Crippen molar-refractivity contribution in [2.24, 2.45) is 5.92 Å². The van der Waals surface area contributed by atoms with Crippen molar-refractivity contribution in [3.63, 3.8) is 0 Å². The minimum Gasteiger partial charge on any atom is -0.316 e. The maximum Gasteiger partial charge on any atom is 0.230 e. The van der Waals surface area contributed by atoms with Crippen molar-refractivity contribution in [3.8, 4) is 0 Å². The first-order valence-electron chi connectivity index (χ1n) is 7.49. The van der Waals surface area contributed by atoms with Gasteiger partial charge >= 0.3 is 0 Å². The van der Waals surface area contributed by atoms with Crippen LogP contribution in [0.25, 0.3) is 0 Å². The summed E-state index contributed by atoms with van der Waals surface area (Å²) in [6.07, 6.45) is 4.49. The summed E-state index contributed by atoms with van der Waals surface area (Å²) in [4.78, 5) is 14.9. The fourth-order valence-electron chi connectivity index (χ4n) is 3.80. The van der Waals surface area contributed by atoms with Gasteiger partial charge in [-0.05, 0) is 37.4 Å². The Morgan fingerprint density at radius 2 is 2.05 bits per heavy atom. The molecule has 1 aliphatic carbocycles. The van der Waals surface area contributed by atoms with Crippen LogP contribution in [0, 0.1) is 5.92 Å². The predicted molar refractivity (Wildman–Crippen MR) is 75.3 cm³/mol. The van der Waals surface area contributed by atoms with Crippen molar-refractivity contribution in [1.29, 1.82) is 0 Å². The summed E-state index contributed by atoms with van der Waals surface area (Å²) >= 11 is 0. The first-order chi connectivity index (χ1) is 9.36. The van der Waals surface area contributed by atoms with Crippen molar-refractivity contribution in [1.82, 2.24) is 5.32 Å². The second-order valence-corrected chi connectivity index (χ2v) is 6.06. The third kappa shape index (κ3) is 1.64. The largest absolute Gasteiger partial charge is 0.316 e. The number of hydrogen-bond acceptors (Lipinski definition) is 2. The monoisotopic (exact) mass is 256 g/mol. The highest BCUT2D eigenvalue weighted by Crippen LogP contribution is 2.45. The van der Waals surface area contributed by atoms with E-state index >= 15 is 0 Å². The van der Waals surface area contributed by atoms with Crippen LogP contribution in [0.4, 0.5) is 5.69 Å². The predicted octanol–water partition coefficient (Wildman–Crippen LogP) is 2.28. The molecular formula is C16H20N2O. The van der Waals surface area contributed by atoms with Gasteiger partial charge < -0.3 is 10.2 Å². The van der Waals surface area contributed by atoms with Crippen molar-refractivity contribution >= 4 is 11.6 Å². The van der Waals surface area contributed by atoms with Crippen molar-refractivity contribution in [3.05, 3.63) is 29.8 Å². The first-order valence-corrected chi connectivity index (χ1v) is 7.49. The van der Waals surface area contributed by atoms with Crippen LogP contribution < -0.4 is 10.2 Å².